The Bertz CT molecular complexity index is 655. The number of benzene rings is 2. The summed E-state index contributed by atoms with van der Waals surface area (Å²) in [6.45, 7) is 4.20. The lowest BCUT2D eigenvalue weighted by Crippen LogP contribution is -2.39. The highest BCUT2D eigenvalue weighted by molar-refractivity contribution is 5.70. The zero-order valence-electron chi connectivity index (χ0n) is 16.8. The predicted octanol–water partition coefficient (Wildman–Crippen LogP) is 4.58. The number of ether oxygens (including phenoxy) is 2. The smallest absolute Gasteiger partial charge is 0.332 e. The molecule has 2 aromatic carbocycles. The SMILES string of the molecule is CCOC(=O)COC1CCC(N(Cc2ccccc2)Cc2ccccc2)CC1. The summed E-state index contributed by atoms with van der Waals surface area (Å²) in [5.41, 5.74) is 2.69. The summed E-state index contributed by atoms with van der Waals surface area (Å²) in [4.78, 5) is 14.1. The first-order valence-electron chi connectivity index (χ1n) is 10.3. The molecule has 4 heteroatoms. The minimum Gasteiger partial charge on any atom is -0.464 e. The Morgan fingerprint density at radius 1 is 0.893 bits per heavy atom. The molecule has 1 aliphatic rings. The topological polar surface area (TPSA) is 38.8 Å². The lowest BCUT2D eigenvalue weighted by atomic mass is 9.91. The minimum absolute atomic E-state index is 0.0704. The van der Waals surface area contributed by atoms with Gasteiger partial charge in [0.2, 0.25) is 0 Å². The van der Waals surface area contributed by atoms with Gasteiger partial charge in [-0.05, 0) is 43.7 Å². The number of carbonyl (C=O) groups excluding carboxylic acids is 1. The fraction of sp³-hybridized carbons (Fsp3) is 0.458. The number of carbonyl (C=O) groups is 1. The van der Waals surface area contributed by atoms with Gasteiger partial charge in [0.15, 0.2) is 0 Å². The van der Waals surface area contributed by atoms with Gasteiger partial charge < -0.3 is 9.47 Å². The van der Waals surface area contributed by atoms with Crippen molar-refractivity contribution >= 4 is 5.97 Å². The molecule has 28 heavy (non-hydrogen) atoms. The molecule has 0 saturated heterocycles. The maximum atomic E-state index is 11.5. The van der Waals surface area contributed by atoms with Crippen LogP contribution in [-0.2, 0) is 27.4 Å². The molecular weight excluding hydrogens is 350 g/mol. The number of esters is 1. The summed E-state index contributed by atoms with van der Waals surface area (Å²) in [6, 6.07) is 21.9. The molecule has 150 valence electrons. The van der Waals surface area contributed by atoms with Crippen molar-refractivity contribution in [2.75, 3.05) is 13.2 Å². The van der Waals surface area contributed by atoms with Gasteiger partial charge in [0.05, 0.1) is 12.7 Å². The molecule has 4 nitrogen and oxygen atoms in total. The molecule has 1 saturated carbocycles. The van der Waals surface area contributed by atoms with E-state index in [2.05, 4.69) is 65.6 Å². The van der Waals surface area contributed by atoms with Gasteiger partial charge in [-0.25, -0.2) is 4.79 Å². The molecule has 0 atom stereocenters. The first-order valence-corrected chi connectivity index (χ1v) is 10.3. The Kier molecular flexibility index (Phi) is 8.07. The van der Waals surface area contributed by atoms with Gasteiger partial charge in [0.1, 0.15) is 6.61 Å². The van der Waals surface area contributed by atoms with Gasteiger partial charge >= 0.3 is 5.97 Å². The second-order valence-electron chi connectivity index (χ2n) is 7.42. The van der Waals surface area contributed by atoms with E-state index in [0.717, 1.165) is 38.8 Å². The van der Waals surface area contributed by atoms with Crippen molar-refractivity contribution in [3.8, 4) is 0 Å². The molecule has 3 rings (SSSR count). The van der Waals surface area contributed by atoms with E-state index in [-0.39, 0.29) is 18.7 Å². The average molecular weight is 382 g/mol. The summed E-state index contributed by atoms with van der Waals surface area (Å²) in [5, 5.41) is 0. The average Bonchev–Trinajstić information content (AvgIpc) is 2.74. The van der Waals surface area contributed by atoms with Crippen molar-refractivity contribution in [2.24, 2.45) is 0 Å². The maximum absolute atomic E-state index is 11.5. The quantitative estimate of drug-likeness (QED) is 0.596. The monoisotopic (exact) mass is 381 g/mol. The Morgan fingerprint density at radius 2 is 1.43 bits per heavy atom. The van der Waals surface area contributed by atoms with Crippen LogP contribution in [0.15, 0.2) is 60.7 Å². The Morgan fingerprint density at radius 3 is 1.93 bits per heavy atom. The van der Waals surface area contributed by atoms with Gasteiger partial charge in [-0.1, -0.05) is 60.7 Å². The highest BCUT2D eigenvalue weighted by Crippen LogP contribution is 2.27. The maximum Gasteiger partial charge on any atom is 0.332 e. The molecule has 1 fully saturated rings. The lowest BCUT2D eigenvalue weighted by molar-refractivity contribution is -0.151. The lowest BCUT2D eigenvalue weighted by Gasteiger charge is -2.37. The van der Waals surface area contributed by atoms with E-state index < -0.39 is 0 Å². The Labute approximate surface area is 168 Å². The van der Waals surface area contributed by atoms with Crippen LogP contribution in [0.25, 0.3) is 0 Å². The van der Waals surface area contributed by atoms with E-state index in [9.17, 15) is 4.79 Å². The van der Waals surface area contributed by atoms with E-state index in [0.29, 0.717) is 12.6 Å². The third-order valence-electron chi connectivity index (χ3n) is 5.36. The summed E-state index contributed by atoms with van der Waals surface area (Å²) in [6.07, 6.45) is 4.32. The Balaban J connectivity index is 1.57. The number of nitrogens with zero attached hydrogens (tertiary/aromatic N) is 1. The Hall–Kier alpha value is -2.17. The van der Waals surface area contributed by atoms with Crippen molar-refractivity contribution in [2.45, 2.75) is 57.8 Å². The largest absolute Gasteiger partial charge is 0.464 e. The molecule has 0 aliphatic heterocycles. The van der Waals surface area contributed by atoms with Crippen LogP contribution >= 0.6 is 0 Å². The van der Waals surface area contributed by atoms with Crippen molar-refractivity contribution in [1.82, 2.24) is 4.90 Å². The molecule has 0 heterocycles. The predicted molar refractivity (Wildman–Crippen MR) is 111 cm³/mol. The van der Waals surface area contributed by atoms with Gasteiger partial charge in [0.25, 0.3) is 0 Å². The fourth-order valence-corrected chi connectivity index (χ4v) is 3.92. The van der Waals surface area contributed by atoms with Gasteiger partial charge in [0, 0.05) is 19.1 Å². The van der Waals surface area contributed by atoms with Crippen molar-refractivity contribution in [3.05, 3.63) is 71.8 Å². The van der Waals surface area contributed by atoms with Gasteiger partial charge in [-0.2, -0.15) is 0 Å². The fourth-order valence-electron chi connectivity index (χ4n) is 3.92. The van der Waals surface area contributed by atoms with Crippen LogP contribution in [0.5, 0.6) is 0 Å². The van der Waals surface area contributed by atoms with E-state index in [1.54, 1.807) is 0 Å². The zero-order valence-corrected chi connectivity index (χ0v) is 16.8. The van der Waals surface area contributed by atoms with Crippen LogP contribution in [0.4, 0.5) is 0 Å². The van der Waals surface area contributed by atoms with E-state index in [1.165, 1.54) is 11.1 Å². The van der Waals surface area contributed by atoms with Crippen LogP contribution in [0, 0.1) is 0 Å². The molecular formula is C24H31NO3. The minimum atomic E-state index is -0.264. The first-order chi connectivity index (χ1) is 13.7. The zero-order chi connectivity index (χ0) is 19.6. The van der Waals surface area contributed by atoms with Gasteiger partial charge in [-0.15, -0.1) is 0 Å². The molecule has 0 bridgehead atoms. The van der Waals surface area contributed by atoms with Crippen LogP contribution in [0.2, 0.25) is 0 Å². The van der Waals surface area contributed by atoms with Crippen LogP contribution < -0.4 is 0 Å². The molecule has 0 radical (unpaired) electrons. The first kappa shape index (κ1) is 20.6. The van der Waals surface area contributed by atoms with Gasteiger partial charge in [-0.3, -0.25) is 4.90 Å². The molecule has 0 amide bonds. The highest BCUT2D eigenvalue weighted by atomic mass is 16.6. The standard InChI is InChI=1S/C24H31NO3/c1-2-27-24(26)19-28-23-15-13-22(14-16-23)25(17-20-9-5-3-6-10-20)18-21-11-7-4-8-12-21/h3-12,22-23H,2,13-19H2,1H3. The summed E-state index contributed by atoms with van der Waals surface area (Å²) >= 11 is 0. The van der Waals surface area contributed by atoms with Crippen LogP contribution in [-0.4, -0.2) is 36.2 Å². The number of rotatable bonds is 9. The van der Waals surface area contributed by atoms with Crippen molar-refractivity contribution < 1.29 is 14.3 Å². The van der Waals surface area contributed by atoms with E-state index >= 15 is 0 Å². The second-order valence-corrected chi connectivity index (χ2v) is 7.42. The third kappa shape index (κ3) is 6.47. The second kappa shape index (κ2) is 11.0. The molecule has 1 aliphatic carbocycles. The van der Waals surface area contributed by atoms with E-state index in [4.69, 9.17) is 9.47 Å². The normalized spacial score (nSPS) is 19.5. The van der Waals surface area contributed by atoms with E-state index in [1.807, 2.05) is 6.92 Å². The summed E-state index contributed by atoms with van der Waals surface area (Å²) in [5.74, 6) is -0.264. The number of hydrogen-bond acceptors (Lipinski definition) is 4. The molecule has 2 aromatic rings. The van der Waals surface area contributed by atoms with Crippen molar-refractivity contribution in [3.63, 3.8) is 0 Å². The molecule has 0 N–H and O–H groups in total. The number of hydrogen-bond donors (Lipinski definition) is 0. The van der Waals surface area contributed by atoms with Crippen LogP contribution in [0.1, 0.15) is 43.7 Å². The molecule has 0 aromatic heterocycles. The summed E-state index contributed by atoms with van der Waals surface area (Å²) < 4.78 is 10.7. The molecule has 0 spiro atoms. The van der Waals surface area contributed by atoms with Crippen LogP contribution in [0.3, 0.4) is 0 Å². The van der Waals surface area contributed by atoms with Crippen molar-refractivity contribution in [1.29, 1.82) is 0 Å². The molecule has 0 unspecified atom stereocenters. The third-order valence-corrected chi connectivity index (χ3v) is 5.36. The summed E-state index contributed by atoms with van der Waals surface area (Å²) in [7, 11) is 0. The highest BCUT2D eigenvalue weighted by Gasteiger charge is 2.27.